The zero-order valence-corrected chi connectivity index (χ0v) is 9.37. The van der Waals surface area contributed by atoms with Crippen LogP contribution in [0.25, 0.3) is 10.9 Å². The molecule has 0 saturated carbocycles. The average molecular weight is 214 g/mol. The van der Waals surface area contributed by atoms with Gasteiger partial charge in [-0.25, -0.2) is 0 Å². The molecule has 1 atom stereocenters. The summed E-state index contributed by atoms with van der Waals surface area (Å²) in [6.45, 7) is 4.02. The maximum atomic E-state index is 5.64. The summed E-state index contributed by atoms with van der Waals surface area (Å²) in [5.74, 6) is 0.926. The Labute approximate surface area is 94.1 Å². The Morgan fingerprint density at radius 2 is 2.06 bits per heavy atom. The van der Waals surface area contributed by atoms with Crippen LogP contribution in [-0.2, 0) is 4.74 Å². The van der Waals surface area contributed by atoms with Crippen molar-refractivity contribution in [3.05, 3.63) is 47.5 Å². The molecular formula is C13H14N2O. The summed E-state index contributed by atoms with van der Waals surface area (Å²) >= 11 is 0. The van der Waals surface area contributed by atoms with Gasteiger partial charge in [-0.15, -0.1) is 0 Å². The third-order valence-corrected chi connectivity index (χ3v) is 2.82. The Morgan fingerprint density at radius 1 is 1.19 bits per heavy atom. The number of aryl methyl sites for hydroxylation is 1. The van der Waals surface area contributed by atoms with E-state index in [0.717, 1.165) is 11.3 Å². The van der Waals surface area contributed by atoms with Gasteiger partial charge in [-0.2, -0.15) is 0 Å². The van der Waals surface area contributed by atoms with Crippen molar-refractivity contribution in [2.75, 3.05) is 0 Å². The zero-order valence-electron chi connectivity index (χ0n) is 9.37. The van der Waals surface area contributed by atoms with Gasteiger partial charge >= 0.3 is 0 Å². The van der Waals surface area contributed by atoms with Crippen molar-refractivity contribution in [1.82, 2.24) is 10.3 Å². The summed E-state index contributed by atoms with van der Waals surface area (Å²) in [5.41, 5.74) is 3.50. The fourth-order valence-corrected chi connectivity index (χ4v) is 2.07. The number of ether oxygens (including phenoxy) is 1. The molecule has 0 saturated heterocycles. The first-order chi connectivity index (χ1) is 7.72. The van der Waals surface area contributed by atoms with Crippen LogP contribution in [0.1, 0.15) is 24.4 Å². The van der Waals surface area contributed by atoms with Crippen LogP contribution in [0.5, 0.6) is 0 Å². The number of aromatic nitrogens is 1. The number of aromatic amines is 1. The second-order valence-corrected chi connectivity index (χ2v) is 4.22. The normalized spacial score (nSPS) is 19.4. The van der Waals surface area contributed by atoms with Gasteiger partial charge in [0.15, 0.2) is 6.23 Å². The van der Waals surface area contributed by atoms with Gasteiger partial charge in [-0.3, -0.25) is 0 Å². The molecule has 1 unspecified atom stereocenters. The maximum absolute atomic E-state index is 5.64. The number of hydrogen-bond acceptors (Lipinski definition) is 2. The minimum atomic E-state index is -0.0420. The van der Waals surface area contributed by atoms with E-state index in [-0.39, 0.29) is 6.23 Å². The highest BCUT2D eigenvalue weighted by Crippen LogP contribution is 2.25. The highest BCUT2D eigenvalue weighted by atomic mass is 16.5. The Kier molecular flexibility index (Phi) is 1.93. The van der Waals surface area contributed by atoms with E-state index in [2.05, 4.69) is 41.5 Å². The molecule has 82 valence electrons. The predicted octanol–water partition coefficient (Wildman–Crippen LogP) is 2.96. The molecule has 1 aliphatic heterocycles. The van der Waals surface area contributed by atoms with E-state index in [1.165, 1.54) is 16.6 Å². The molecule has 0 bridgehead atoms. The van der Waals surface area contributed by atoms with Gasteiger partial charge in [0.05, 0.1) is 0 Å². The predicted molar refractivity (Wildman–Crippen MR) is 63.8 cm³/mol. The van der Waals surface area contributed by atoms with Gasteiger partial charge in [0.2, 0.25) is 0 Å². The molecular weight excluding hydrogens is 200 g/mol. The summed E-state index contributed by atoms with van der Waals surface area (Å²) in [5, 5.41) is 4.43. The summed E-state index contributed by atoms with van der Waals surface area (Å²) < 4.78 is 5.64. The molecule has 0 radical (unpaired) electrons. The number of hydrogen-bond donors (Lipinski definition) is 2. The molecule has 2 heterocycles. The van der Waals surface area contributed by atoms with Gasteiger partial charge in [0, 0.05) is 28.4 Å². The van der Waals surface area contributed by atoms with Crippen LogP contribution in [-0.4, -0.2) is 4.98 Å². The van der Waals surface area contributed by atoms with E-state index in [1.807, 2.05) is 13.1 Å². The van der Waals surface area contributed by atoms with E-state index in [0.29, 0.717) is 0 Å². The highest BCUT2D eigenvalue weighted by molar-refractivity contribution is 5.81. The van der Waals surface area contributed by atoms with Gasteiger partial charge in [0.1, 0.15) is 5.76 Å². The molecule has 0 spiro atoms. The minimum Gasteiger partial charge on any atom is -0.470 e. The lowest BCUT2D eigenvalue weighted by Gasteiger charge is -2.12. The van der Waals surface area contributed by atoms with Crippen molar-refractivity contribution >= 4 is 10.9 Å². The van der Waals surface area contributed by atoms with Crippen molar-refractivity contribution in [2.24, 2.45) is 0 Å². The van der Waals surface area contributed by atoms with Crippen molar-refractivity contribution in [2.45, 2.75) is 20.1 Å². The summed E-state index contributed by atoms with van der Waals surface area (Å²) in [4.78, 5) is 3.31. The lowest BCUT2D eigenvalue weighted by atomic mass is 10.1. The van der Waals surface area contributed by atoms with Crippen LogP contribution < -0.4 is 5.32 Å². The largest absolute Gasteiger partial charge is 0.470 e. The van der Waals surface area contributed by atoms with Crippen molar-refractivity contribution in [1.29, 1.82) is 0 Å². The average Bonchev–Trinajstić information content (AvgIpc) is 2.81. The first-order valence-electron chi connectivity index (χ1n) is 5.41. The van der Waals surface area contributed by atoms with Crippen molar-refractivity contribution in [3.63, 3.8) is 0 Å². The smallest absolute Gasteiger partial charge is 0.195 e. The second kappa shape index (κ2) is 3.30. The first-order valence-corrected chi connectivity index (χ1v) is 5.41. The number of allylic oxidation sites excluding steroid dienone is 1. The number of fused-ring (bicyclic) bond motifs is 1. The monoisotopic (exact) mass is 214 g/mol. The summed E-state index contributed by atoms with van der Waals surface area (Å²) in [6, 6.07) is 8.48. The Balaban J connectivity index is 1.99. The van der Waals surface area contributed by atoms with E-state index in [1.54, 1.807) is 0 Å². The molecule has 3 heteroatoms. The number of benzene rings is 1. The molecule has 3 nitrogen and oxygen atoms in total. The highest BCUT2D eigenvalue weighted by Gasteiger charge is 2.16. The maximum Gasteiger partial charge on any atom is 0.195 e. The summed E-state index contributed by atoms with van der Waals surface area (Å²) in [6.07, 6.45) is 1.86. The van der Waals surface area contributed by atoms with Crippen LogP contribution in [0, 0.1) is 6.92 Å². The van der Waals surface area contributed by atoms with Crippen LogP contribution in [0.15, 0.2) is 36.2 Å². The third-order valence-electron chi connectivity index (χ3n) is 2.82. The van der Waals surface area contributed by atoms with E-state index in [9.17, 15) is 0 Å². The molecule has 2 aromatic rings. The molecule has 0 aliphatic carbocycles. The Morgan fingerprint density at radius 3 is 2.81 bits per heavy atom. The molecule has 1 aromatic heterocycles. The SMILES string of the molecule is CC1=CNC(c2ccc3[nH]c(C)cc3c2)O1. The first kappa shape index (κ1) is 9.33. The summed E-state index contributed by atoms with van der Waals surface area (Å²) in [7, 11) is 0. The molecule has 3 rings (SSSR count). The lowest BCUT2D eigenvalue weighted by molar-refractivity contribution is 0.130. The van der Waals surface area contributed by atoms with E-state index >= 15 is 0 Å². The van der Waals surface area contributed by atoms with Crippen molar-refractivity contribution < 1.29 is 4.74 Å². The van der Waals surface area contributed by atoms with Crippen LogP contribution in [0.3, 0.4) is 0 Å². The molecule has 1 aliphatic rings. The number of nitrogens with one attached hydrogen (secondary N) is 2. The van der Waals surface area contributed by atoms with Gasteiger partial charge in [-0.05, 0) is 32.0 Å². The third kappa shape index (κ3) is 1.45. The fraction of sp³-hybridized carbons (Fsp3) is 0.231. The standard InChI is InChI=1S/C13H14N2O/c1-8-5-11-6-10(3-4-12(11)15-8)13-14-7-9(2)16-13/h3-7,13-15H,1-2H3. The lowest BCUT2D eigenvalue weighted by Crippen LogP contribution is -2.11. The van der Waals surface area contributed by atoms with E-state index < -0.39 is 0 Å². The minimum absolute atomic E-state index is 0.0420. The second-order valence-electron chi connectivity index (χ2n) is 4.22. The molecule has 16 heavy (non-hydrogen) atoms. The molecule has 0 amide bonds. The molecule has 1 aromatic carbocycles. The van der Waals surface area contributed by atoms with Crippen LogP contribution in [0.2, 0.25) is 0 Å². The Hall–Kier alpha value is -1.90. The zero-order chi connectivity index (χ0) is 11.1. The van der Waals surface area contributed by atoms with Crippen molar-refractivity contribution in [3.8, 4) is 0 Å². The number of rotatable bonds is 1. The Bertz CT molecular complexity index is 568. The van der Waals surface area contributed by atoms with Crippen LogP contribution >= 0.6 is 0 Å². The van der Waals surface area contributed by atoms with Crippen LogP contribution in [0.4, 0.5) is 0 Å². The molecule has 2 N–H and O–H groups in total. The number of H-pyrrole nitrogens is 1. The topological polar surface area (TPSA) is 37.0 Å². The fourth-order valence-electron chi connectivity index (χ4n) is 2.07. The van der Waals surface area contributed by atoms with Gasteiger partial charge in [-0.1, -0.05) is 6.07 Å². The quantitative estimate of drug-likeness (QED) is 0.765. The van der Waals surface area contributed by atoms with Gasteiger partial charge < -0.3 is 15.0 Å². The van der Waals surface area contributed by atoms with Gasteiger partial charge in [0.25, 0.3) is 0 Å². The molecule has 0 fully saturated rings. The van der Waals surface area contributed by atoms with E-state index in [4.69, 9.17) is 4.74 Å².